The second kappa shape index (κ2) is 13.9. The van der Waals surface area contributed by atoms with Gasteiger partial charge in [0.05, 0.1) is 17.7 Å². The van der Waals surface area contributed by atoms with Crippen LogP contribution >= 0.6 is 15.2 Å². The first kappa shape index (κ1) is 34.6. The molecule has 0 saturated heterocycles. The average Bonchev–Trinajstić information content (AvgIpc) is 2.92. The van der Waals surface area contributed by atoms with E-state index in [2.05, 4.69) is 9.93 Å². The van der Waals surface area contributed by atoms with Crippen molar-refractivity contribution in [3.63, 3.8) is 0 Å². The molecule has 14 nitrogen and oxygen atoms in total. The summed E-state index contributed by atoms with van der Waals surface area (Å²) >= 11 is 0. The number of ether oxygens (including phenoxy) is 1. The van der Waals surface area contributed by atoms with Crippen LogP contribution in [0.5, 0.6) is 5.75 Å². The molecule has 6 N–H and O–H groups in total. The Bertz CT molecular complexity index is 1630. The van der Waals surface area contributed by atoms with Crippen LogP contribution in [0.4, 0.5) is 5.69 Å². The zero-order chi connectivity index (χ0) is 32.1. The third kappa shape index (κ3) is 8.63. The Morgan fingerprint density at radius 2 is 1.56 bits per heavy atom. The van der Waals surface area contributed by atoms with E-state index in [9.17, 15) is 42.2 Å². The first-order valence-corrected chi connectivity index (χ1v) is 17.7. The predicted molar refractivity (Wildman–Crippen MR) is 164 cm³/mol. The van der Waals surface area contributed by atoms with Gasteiger partial charge in [-0.25, -0.2) is 4.83 Å². The molecule has 17 heteroatoms. The molecular weight excluding hydrogens is 622 g/mol. The molecule has 43 heavy (non-hydrogen) atoms. The lowest BCUT2D eigenvalue weighted by molar-refractivity contribution is 0.111. The van der Waals surface area contributed by atoms with Gasteiger partial charge in [-0.3, -0.25) is 9.13 Å². The Hall–Kier alpha value is -2.84. The fourth-order valence-corrected chi connectivity index (χ4v) is 7.39. The number of benzene rings is 3. The maximum atomic E-state index is 13.1. The number of rotatable bonds is 15. The molecule has 0 spiro atoms. The van der Waals surface area contributed by atoms with Crippen molar-refractivity contribution in [1.29, 1.82) is 0 Å². The zero-order valence-corrected chi connectivity index (χ0v) is 26.4. The maximum Gasteiger partial charge on any atom is 0.369 e. The molecule has 3 rings (SSSR count). The van der Waals surface area contributed by atoms with Gasteiger partial charge in [-0.05, 0) is 43.3 Å². The van der Waals surface area contributed by atoms with Crippen LogP contribution in [0.25, 0.3) is 10.8 Å². The van der Waals surface area contributed by atoms with Crippen LogP contribution in [0.3, 0.4) is 0 Å². The number of fused-ring (bicyclic) bond motifs is 1. The van der Waals surface area contributed by atoms with Crippen LogP contribution in [-0.2, 0) is 19.2 Å². The van der Waals surface area contributed by atoms with Gasteiger partial charge in [0.2, 0.25) is 0 Å². The molecule has 0 fully saturated rings. The maximum absolute atomic E-state index is 13.1. The van der Waals surface area contributed by atoms with E-state index >= 15 is 0 Å². The standard InChI is InChI=1S/C26H36N4O10P2S/c1-29(2)24-12-5-11-23-22(24)10-6-13-25(23)43(38,39)28-27-19-20-8-4-9-21(18-20)40-17-7-15-30(3)16-14-26(31,41(32,33)34)42(35,36)37/h4-6,8-13,18-19,28,31H,7,14-17H2,1-3H3,(H2,32,33,34)(H2,35,36,37)/b27-19+. The first-order chi connectivity index (χ1) is 20.0. The molecule has 0 unspecified atom stereocenters. The van der Waals surface area contributed by atoms with Crippen molar-refractivity contribution in [2.24, 2.45) is 5.10 Å². The summed E-state index contributed by atoms with van der Waals surface area (Å²) in [6, 6.07) is 17.3. The van der Waals surface area contributed by atoms with E-state index in [1.807, 2.05) is 31.1 Å². The molecule has 0 aliphatic carbocycles. The Labute approximate surface area is 250 Å². The molecule has 0 aliphatic heterocycles. The van der Waals surface area contributed by atoms with E-state index in [0.29, 0.717) is 29.7 Å². The number of hydrazone groups is 1. The van der Waals surface area contributed by atoms with Gasteiger partial charge in [0, 0.05) is 50.1 Å². The minimum Gasteiger partial charge on any atom is -0.494 e. The van der Waals surface area contributed by atoms with Gasteiger partial charge in [0.25, 0.3) is 15.1 Å². The molecule has 0 bridgehead atoms. The second-order valence-corrected chi connectivity index (χ2v) is 15.7. The van der Waals surface area contributed by atoms with Gasteiger partial charge < -0.3 is 39.2 Å². The van der Waals surface area contributed by atoms with Crippen molar-refractivity contribution < 1.29 is 47.0 Å². The monoisotopic (exact) mass is 658 g/mol. The van der Waals surface area contributed by atoms with Crippen LogP contribution in [0.2, 0.25) is 0 Å². The SMILES string of the molecule is CN(CCCOc1cccc(/C=N/NS(=O)(=O)c2cccc3c(N(C)C)cccc23)c1)CCC(O)(P(=O)(O)O)P(=O)(O)O. The molecule has 236 valence electrons. The minimum absolute atomic E-state index is 0.0982. The van der Waals surface area contributed by atoms with E-state index in [1.54, 1.807) is 54.4 Å². The van der Waals surface area contributed by atoms with Gasteiger partial charge in [-0.2, -0.15) is 13.5 Å². The number of anilines is 1. The number of hydrogen-bond donors (Lipinski definition) is 6. The predicted octanol–water partition coefficient (Wildman–Crippen LogP) is 2.31. The molecule has 0 amide bonds. The van der Waals surface area contributed by atoms with Crippen molar-refractivity contribution in [2.75, 3.05) is 45.7 Å². The highest BCUT2D eigenvalue weighted by atomic mass is 32.2. The number of nitrogens with zero attached hydrogens (tertiary/aromatic N) is 3. The summed E-state index contributed by atoms with van der Waals surface area (Å²) in [6.45, 7) is 0.379. The van der Waals surface area contributed by atoms with E-state index in [1.165, 1.54) is 12.3 Å². The summed E-state index contributed by atoms with van der Waals surface area (Å²) in [6.07, 6.45) is 0.957. The van der Waals surface area contributed by atoms with Crippen molar-refractivity contribution in [3.05, 3.63) is 66.2 Å². The second-order valence-electron chi connectivity index (χ2n) is 10.1. The Morgan fingerprint density at radius 1 is 0.930 bits per heavy atom. The summed E-state index contributed by atoms with van der Waals surface area (Å²) < 4.78 is 54.8. The summed E-state index contributed by atoms with van der Waals surface area (Å²) in [5.74, 6) is 0.483. The highest BCUT2D eigenvalue weighted by Crippen LogP contribution is 2.68. The fraction of sp³-hybridized carbons (Fsp3) is 0.346. The number of aliphatic hydroxyl groups is 1. The van der Waals surface area contributed by atoms with Crippen LogP contribution in [0.1, 0.15) is 18.4 Å². The normalized spacial score (nSPS) is 13.1. The first-order valence-electron chi connectivity index (χ1n) is 13.0. The third-order valence-corrected chi connectivity index (χ3v) is 11.7. The molecule has 3 aromatic rings. The van der Waals surface area contributed by atoms with Crippen LogP contribution in [-0.4, -0.2) is 90.1 Å². The van der Waals surface area contributed by atoms with Gasteiger partial charge in [-0.1, -0.05) is 36.4 Å². The van der Waals surface area contributed by atoms with Gasteiger partial charge in [0.1, 0.15) is 5.75 Å². The number of sulfonamides is 1. The molecule has 3 aromatic carbocycles. The summed E-state index contributed by atoms with van der Waals surface area (Å²) in [7, 11) is -9.64. The largest absolute Gasteiger partial charge is 0.494 e. The Morgan fingerprint density at radius 3 is 2.21 bits per heavy atom. The average molecular weight is 659 g/mol. The topological polar surface area (TPSA) is 210 Å². The smallest absolute Gasteiger partial charge is 0.369 e. The minimum atomic E-state index is -5.50. The van der Waals surface area contributed by atoms with Crippen LogP contribution < -0.4 is 14.5 Å². The summed E-state index contributed by atoms with van der Waals surface area (Å²) in [5, 5.41) is 11.8. The molecule has 0 radical (unpaired) electrons. The lowest BCUT2D eigenvalue weighted by Crippen LogP contribution is -2.34. The molecular formula is C26H36N4O10P2S. The molecule has 0 saturated carbocycles. The lowest BCUT2D eigenvalue weighted by Gasteiger charge is -2.30. The Balaban J connectivity index is 1.55. The lowest BCUT2D eigenvalue weighted by atomic mass is 10.1. The fourth-order valence-electron chi connectivity index (χ4n) is 4.23. The van der Waals surface area contributed by atoms with E-state index in [0.717, 1.165) is 11.1 Å². The highest BCUT2D eigenvalue weighted by Gasteiger charge is 2.58. The number of hydrogen-bond acceptors (Lipinski definition) is 9. The Kier molecular flexibility index (Phi) is 11.2. The molecule has 0 atom stereocenters. The van der Waals surface area contributed by atoms with Crippen molar-refractivity contribution in [3.8, 4) is 5.75 Å². The van der Waals surface area contributed by atoms with Crippen molar-refractivity contribution >= 4 is 47.9 Å². The van der Waals surface area contributed by atoms with Gasteiger partial charge in [-0.15, -0.1) is 0 Å². The number of nitrogens with one attached hydrogen (secondary N) is 1. The van der Waals surface area contributed by atoms with Crippen molar-refractivity contribution in [1.82, 2.24) is 9.73 Å². The zero-order valence-electron chi connectivity index (χ0n) is 23.8. The molecule has 0 aliphatic rings. The molecule has 0 heterocycles. The third-order valence-electron chi connectivity index (χ3n) is 6.59. The summed E-state index contributed by atoms with van der Waals surface area (Å²) in [5.41, 5.74) is 1.45. The quantitative estimate of drug-likeness (QED) is 0.0602. The van der Waals surface area contributed by atoms with Gasteiger partial charge in [0.15, 0.2) is 0 Å². The van der Waals surface area contributed by atoms with Crippen LogP contribution in [0.15, 0.2) is 70.7 Å². The highest BCUT2D eigenvalue weighted by molar-refractivity contribution is 7.89. The van der Waals surface area contributed by atoms with E-state index < -0.39 is 36.7 Å². The summed E-state index contributed by atoms with van der Waals surface area (Å²) in [4.78, 5) is 42.8. The van der Waals surface area contributed by atoms with Crippen molar-refractivity contribution in [2.45, 2.75) is 22.8 Å². The van der Waals surface area contributed by atoms with Crippen LogP contribution in [0, 0.1) is 0 Å². The molecule has 0 aromatic heterocycles. The van der Waals surface area contributed by atoms with E-state index in [4.69, 9.17) is 4.74 Å². The van der Waals surface area contributed by atoms with Gasteiger partial charge >= 0.3 is 15.2 Å². The van der Waals surface area contributed by atoms with E-state index in [-0.39, 0.29) is 18.0 Å².